The van der Waals surface area contributed by atoms with Crippen LogP contribution in [0.15, 0.2) is 24.3 Å². The van der Waals surface area contributed by atoms with Crippen molar-refractivity contribution in [3.63, 3.8) is 0 Å². The molecule has 5 heteroatoms. The lowest BCUT2D eigenvalue weighted by atomic mass is 9.96. The first kappa shape index (κ1) is 17.9. The van der Waals surface area contributed by atoms with Gasteiger partial charge in [-0.05, 0) is 42.9 Å². The number of hydrogen-bond acceptors (Lipinski definition) is 2. The Morgan fingerprint density at radius 3 is 2.95 bits per heavy atom. The van der Waals surface area contributed by atoms with Crippen LogP contribution in [0.4, 0.5) is 4.39 Å². The van der Waals surface area contributed by atoms with Crippen LogP contribution in [0.2, 0.25) is 0 Å². The van der Waals surface area contributed by atoms with Crippen molar-refractivity contribution >= 4 is 18.3 Å². The van der Waals surface area contributed by atoms with E-state index in [0.29, 0.717) is 13.0 Å². The first-order valence-corrected chi connectivity index (χ1v) is 7.32. The number of likely N-dealkylation sites (tertiary alicyclic amines) is 1. The van der Waals surface area contributed by atoms with Crippen molar-refractivity contribution < 1.29 is 9.18 Å². The van der Waals surface area contributed by atoms with E-state index in [1.165, 1.54) is 12.1 Å². The standard InChI is InChI=1S/C16H23FN2O.ClH/c1-12(8-13-4-2-5-14(17)10-13)9-16(20)19-7-3-6-15(18)11-19;/h2,4-5,10,12,15H,3,6-9,11,18H2,1H3;1H. The molecule has 1 fully saturated rings. The van der Waals surface area contributed by atoms with Gasteiger partial charge in [0.05, 0.1) is 0 Å². The lowest BCUT2D eigenvalue weighted by Gasteiger charge is -2.31. The molecule has 1 amide bonds. The number of nitrogens with zero attached hydrogens (tertiary/aromatic N) is 1. The zero-order chi connectivity index (χ0) is 14.5. The van der Waals surface area contributed by atoms with Crippen molar-refractivity contribution in [3.8, 4) is 0 Å². The molecule has 0 bridgehead atoms. The van der Waals surface area contributed by atoms with Gasteiger partial charge in [0.2, 0.25) is 5.91 Å². The molecule has 0 radical (unpaired) electrons. The fourth-order valence-electron chi connectivity index (χ4n) is 2.80. The van der Waals surface area contributed by atoms with E-state index < -0.39 is 0 Å². The number of hydrogen-bond donors (Lipinski definition) is 1. The summed E-state index contributed by atoms with van der Waals surface area (Å²) in [7, 11) is 0. The Morgan fingerprint density at radius 2 is 2.29 bits per heavy atom. The lowest BCUT2D eigenvalue weighted by Crippen LogP contribution is -2.46. The van der Waals surface area contributed by atoms with E-state index in [1.807, 2.05) is 17.9 Å². The third-order valence-electron chi connectivity index (χ3n) is 3.81. The average molecular weight is 315 g/mol. The molecule has 1 heterocycles. The molecular formula is C16H24ClFN2O. The van der Waals surface area contributed by atoms with Crippen LogP contribution in [0.3, 0.4) is 0 Å². The quantitative estimate of drug-likeness (QED) is 0.929. The molecule has 1 aliphatic heterocycles. The Bertz CT molecular complexity index is 469. The van der Waals surface area contributed by atoms with E-state index in [2.05, 4.69) is 0 Å². The highest BCUT2D eigenvalue weighted by Crippen LogP contribution is 2.16. The minimum atomic E-state index is -0.219. The Kier molecular flexibility index (Phi) is 7.12. The number of piperidine rings is 1. The van der Waals surface area contributed by atoms with Crippen LogP contribution in [0, 0.1) is 11.7 Å². The molecule has 0 saturated carbocycles. The fourth-order valence-corrected chi connectivity index (χ4v) is 2.80. The molecule has 1 aliphatic rings. The molecule has 1 saturated heterocycles. The van der Waals surface area contributed by atoms with Crippen LogP contribution in [0.1, 0.15) is 31.7 Å². The first-order valence-electron chi connectivity index (χ1n) is 7.32. The molecule has 3 nitrogen and oxygen atoms in total. The van der Waals surface area contributed by atoms with Gasteiger partial charge in [-0.25, -0.2) is 4.39 Å². The van der Waals surface area contributed by atoms with Gasteiger partial charge in [0.1, 0.15) is 5.82 Å². The molecule has 0 aliphatic carbocycles. The van der Waals surface area contributed by atoms with Gasteiger partial charge in [-0.1, -0.05) is 19.1 Å². The second-order valence-electron chi connectivity index (χ2n) is 5.89. The van der Waals surface area contributed by atoms with Gasteiger partial charge in [-0.3, -0.25) is 4.79 Å². The number of amides is 1. The molecule has 2 atom stereocenters. The van der Waals surface area contributed by atoms with E-state index in [4.69, 9.17) is 5.73 Å². The van der Waals surface area contributed by atoms with Crippen LogP contribution >= 0.6 is 12.4 Å². The minimum Gasteiger partial charge on any atom is -0.341 e. The second kappa shape index (κ2) is 8.35. The summed E-state index contributed by atoms with van der Waals surface area (Å²) in [6.45, 7) is 3.53. The van der Waals surface area contributed by atoms with Crippen molar-refractivity contribution in [2.75, 3.05) is 13.1 Å². The molecular weight excluding hydrogens is 291 g/mol. The highest BCUT2D eigenvalue weighted by Gasteiger charge is 2.22. The number of carbonyl (C=O) groups is 1. The lowest BCUT2D eigenvalue weighted by molar-refractivity contribution is -0.133. The Morgan fingerprint density at radius 1 is 1.52 bits per heavy atom. The van der Waals surface area contributed by atoms with Crippen LogP contribution in [0.25, 0.3) is 0 Å². The van der Waals surface area contributed by atoms with Gasteiger partial charge in [-0.2, -0.15) is 0 Å². The molecule has 2 N–H and O–H groups in total. The minimum absolute atomic E-state index is 0. The molecule has 118 valence electrons. The van der Waals surface area contributed by atoms with Crippen LogP contribution in [-0.2, 0) is 11.2 Å². The van der Waals surface area contributed by atoms with E-state index in [9.17, 15) is 9.18 Å². The van der Waals surface area contributed by atoms with E-state index in [0.717, 1.165) is 31.4 Å². The zero-order valence-corrected chi connectivity index (χ0v) is 13.2. The average Bonchev–Trinajstić information content (AvgIpc) is 2.38. The topological polar surface area (TPSA) is 46.3 Å². The van der Waals surface area contributed by atoms with Gasteiger partial charge >= 0.3 is 0 Å². The molecule has 1 aromatic carbocycles. The van der Waals surface area contributed by atoms with Gasteiger partial charge in [-0.15, -0.1) is 12.4 Å². The summed E-state index contributed by atoms with van der Waals surface area (Å²) >= 11 is 0. The zero-order valence-electron chi connectivity index (χ0n) is 12.4. The highest BCUT2D eigenvalue weighted by molar-refractivity contribution is 5.85. The van der Waals surface area contributed by atoms with Crippen molar-refractivity contribution in [1.29, 1.82) is 0 Å². The highest BCUT2D eigenvalue weighted by atomic mass is 35.5. The number of nitrogens with two attached hydrogens (primary N) is 1. The van der Waals surface area contributed by atoms with Crippen molar-refractivity contribution in [3.05, 3.63) is 35.6 Å². The van der Waals surface area contributed by atoms with Gasteiger partial charge in [0.25, 0.3) is 0 Å². The molecule has 1 aromatic rings. The number of carbonyl (C=O) groups excluding carboxylic acids is 1. The summed E-state index contributed by atoms with van der Waals surface area (Å²) in [6, 6.07) is 6.71. The predicted octanol–water partition coefficient (Wildman–Crippen LogP) is 2.77. The molecule has 21 heavy (non-hydrogen) atoms. The molecule has 0 aromatic heterocycles. The maximum atomic E-state index is 13.1. The Hall–Kier alpha value is -1.13. The third-order valence-corrected chi connectivity index (χ3v) is 3.81. The second-order valence-corrected chi connectivity index (χ2v) is 5.89. The summed E-state index contributed by atoms with van der Waals surface area (Å²) in [4.78, 5) is 14.1. The van der Waals surface area contributed by atoms with E-state index in [-0.39, 0.29) is 36.1 Å². The maximum absolute atomic E-state index is 13.1. The van der Waals surface area contributed by atoms with Crippen LogP contribution in [0.5, 0.6) is 0 Å². The summed E-state index contributed by atoms with van der Waals surface area (Å²) in [5.41, 5.74) is 6.84. The molecule has 2 unspecified atom stereocenters. The molecule has 0 spiro atoms. The maximum Gasteiger partial charge on any atom is 0.222 e. The largest absolute Gasteiger partial charge is 0.341 e. The first-order chi connectivity index (χ1) is 9.54. The van der Waals surface area contributed by atoms with E-state index >= 15 is 0 Å². The normalized spacial score (nSPS) is 19.8. The Balaban J connectivity index is 0.00000220. The van der Waals surface area contributed by atoms with Crippen molar-refractivity contribution in [2.45, 2.75) is 38.6 Å². The van der Waals surface area contributed by atoms with Crippen molar-refractivity contribution in [2.24, 2.45) is 11.7 Å². The van der Waals surface area contributed by atoms with Gasteiger partial charge in [0.15, 0.2) is 0 Å². The summed E-state index contributed by atoms with van der Waals surface area (Å²) in [5.74, 6) is 0.162. The van der Waals surface area contributed by atoms with Gasteiger partial charge < -0.3 is 10.6 Å². The third kappa shape index (κ3) is 5.64. The monoisotopic (exact) mass is 314 g/mol. The number of rotatable bonds is 4. The van der Waals surface area contributed by atoms with Crippen molar-refractivity contribution in [1.82, 2.24) is 4.90 Å². The summed E-state index contributed by atoms with van der Waals surface area (Å²) < 4.78 is 13.1. The van der Waals surface area contributed by atoms with Gasteiger partial charge in [0, 0.05) is 25.6 Å². The summed E-state index contributed by atoms with van der Waals surface area (Å²) in [6.07, 6.45) is 3.22. The Labute approximate surface area is 132 Å². The fraction of sp³-hybridized carbons (Fsp3) is 0.562. The summed E-state index contributed by atoms with van der Waals surface area (Å²) in [5, 5.41) is 0. The van der Waals surface area contributed by atoms with Crippen LogP contribution in [-0.4, -0.2) is 29.9 Å². The van der Waals surface area contributed by atoms with E-state index in [1.54, 1.807) is 6.07 Å². The van der Waals surface area contributed by atoms with Crippen LogP contribution < -0.4 is 5.73 Å². The smallest absolute Gasteiger partial charge is 0.222 e. The number of benzene rings is 1. The predicted molar refractivity (Wildman–Crippen MR) is 84.9 cm³/mol. The SMILES string of the molecule is CC(CC(=O)N1CCCC(N)C1)Cc1cccc(F)c1.Cl. The number of halogens is 2. The molecule has 2 rings (SSSR count).